The van der Waals surface area contributed by atoms with E-state index in [1.165, 1.54) is 23.3 Å². The van der Waals surface area contributed by atoms with Gasteiger partial charge in [0.25, 0.3) is 0 Å². The van der Waals surface area contributed by atoms with E-state index in [1.54, 1.807) is 10.9 Å². The molecule has 10 heteroatoms. The van der Waals surface area contributed by atoms with E-state index in [9.17, 15) is 4.79 Å². The van der Waals surface area contributed by atoms with Gasteiger partial charge in [-0.15, -0.1) is 28.8 Å². The summed E-state index contributed by atoms with van der Waals surface area (Å²) in [6.45, 7) is 2.82. The Labute approximate surface area is 144 Å². The second kappa shape index (κ2) is 7.71. The van der Waals surface area contributed by atoms with Gasteiger partial charge < -0.3 is 10.5 Å². The first-order chi connectivity index (χ1) is 10.7. The number of nitrogens with two attached hydrogens (primary N) is 1. The fraction of sp³-hybridized carbons (Fsp3) is 0.538. The summed E-state index contributed by atoms with van der Waals surface area (Å²) >= 11 is 1.53. The fourth-order valence-electron chi connectivity index (χ4n) is 2.61. The Morgan fingerprint density at radius 1 is 1.48 bits per heavy atom. The van der Waals surface area contributed by atoms with Crippen LogP contribution in [0.15, 0.2) is 12.4 Å². The number of hydrogen-bond acceptors (Lipinski definition) is 8. The number of hydrogen-bond donors (Lipinski definition) is 1. The Hall–Kier alpha value is -1.71. The molecule has 2 aromatic heterocycles. The standard InChI is InChI=1S/C13H18N6O2S.ClH/c1-21-12(20)11-8-19(17-16-11)9-2-4-18(5-3-9)7-10-6-15-13(14)22-10;/h6,8-9H,2-5,7H2,1H3,(H2,14,15);1H. The van der Waals surface area contributed by atoms with Crippen molar-refractivity contribution in [2.45, 2.75) is 25.4 Å². The van der Waals surface area contributed by atoms with Gasteiger partial charge in [0, 0.05) is 30.7 Å². The zero-order valence-electron chi connectivity index (χ0n) is 12.7. The van der Waals surface area contributed by atoms with Crippen molar-refractivity contribution in [3.8, 4) is 0 Å². The van der Waals surface area contributed by atoms with Crippen molar-refractivity contribution in [1.82, 2.24) is 24.9 Å². The molecule has 0 unspecified atom stereocenters. The Balaban J connectivity index is 0.00000192. The third-order valence-electron chi connectivity index (χ3n) is 3.79. The van der Waals surface area contributed by atoms with Crippen molar-refractivity contribution < 1.29 is 9.53 Å². The molecule has 2 N–H and O–H groups in total. The summed E-state index contributed by atoms with van der Waals surface area (Å²) in [5.41, 5.74) is 5.91. The third kappa shape index (κ3) is 4.18. The molecule has 8 nitrogen and oxygen atoms in total. The number of carbonyl (C=O) groups excluding carboxylic acids is 1. The number of likely N-dealkylation sites (tertiary alicyclic amines) is 1. The summed E-state index contributed by atoms with van der Waals surface area (Å²) in [6, 6.07) is 0.272. The van der Waals surface area contributed by atoms with Gasteiger partial charge in [0.2, 0.25) is 0 Å². The lowest BCUT2D eigenvalue weighted by atomic mass is 10.1. The van der Waals surface area contributed by atoms with Crippen molar-refractivity contribution in [2.24, 2.45) is 0 Å². The molecule has 1 aliphatic rings. The Bertz CT molecular complexity index is 652. The Kier molecular flexibility index (Phi) is 5.91. The summed E-state index contributed by atoms with van der Waals surface area (Å²) in [5.74, 6) is -0.452. The maximum absolute atomic E-state index is 11.4. The Morgan fingerprint density at radius 3 is 2.83 bits per heavy atom. The highest BCUT2D eigenvalue weighted by atomic mass is 35.5. The summed E-state index contributed by atoms with van der Waals surface area (Å²) in [7, 11) is 1.34. The van der Waals surface area contributed by atoms with E-state index in [2.05, 4.69) is 24.9 Å². The van der Waals surface area contributed by atoms with Crippen LogP contribution >= 0.6 is 23.7 Å². The molecule has 0 spiro atoms. The van der Waals surface area contributed by atoms with E-state index < -0.39 is 5.97 Å². The number of methoxy groups -OCH3 is 1. The number of nitrogens with zero attached hydrogens (tertiary/aromatic N) is 5. The number of aromatic nitrogens is 4. The van der Waals surface area contributed by atoms with Crippen molar-refractivity contribution in [1.29, 1.82) is 0 Å². The fourth-order valence-corrected chi connectivity index (χ4v) is 3.34. The molecular formula is C13H19ClN6O2S. The third-order valence-corrected chi connectivity index (χ3v) is 4.60. The number of rotatable bonds is 4. The molecule has 0 aromatic carbocycles. The number of anilines is 1. The van der Waals surface area contributed by atoms with Crippen molar-refractivity contribution in [2.75, 3.05) is 25.9 Å². The Morgan fingerprint density at radius 2 is 2.22 bits per heavy atom. The minimum Gasteiger partial charge on any atom is -0.464 e. The van der Waals surface area contributed by atoms with E-state index >= 15 is 0 Å². The average molecular weight is 359 g/mol. The van der Waals surface area contributed by atoms with E-state index in [0.29, 0.717) is 5.13 Å². The molecular weight excluding hydrogens is 340 g/mol. The number of carbonyl (C=O) groups is 1. The molecule has 126 valence electrons. The van der Waals surface area contributed by atoms with E-state index in [-0.39, 0.29) is 24.1 Å². The van der Waals surface area contributed by atoms with Crippen LogP contribution in [0.4, 0.5) is 5.13 Å². The topological polar surface area (TPSA) is 99.2 Å². The first kappa shape index (κ1) is 17.6. The van der Waals surface area contributed by atoms with Crippen molar-refractivity contribution >= 4 is 34.8 Å². The molecule has 1 fully saturated rings. The number of piperidine rings is 1. The first-order valence-electron chi connectivity index (χ1n) is 7.08. The van der Waals surface area contributed by atoms with Gasteiger partial charge in [-0.1, -0.05) is 5.21 Å². The summed E-state index contributed by atoms with van der Waals surface area (Å²) in [6.07, 6.45) is 5.44. The van der Waals surface area contributed by atoms with Gasteiger partial charge in [-0.3, -0.25) is 4.90 Å². The predicted molar refractivity (Wildman–Crippen MR) is 88.7 cm³/mol. The van der Waals surface area contributed by atoms with Gasteiger partial charge in [0.15, 0.2) is 10.8 Å². The smallest absolute Gasteiger partial charge is 0.360 e. The highest BCUT2D eigenvalue weighted by Crippen LogP contribution is 2.24. The quantitative estimate of drug-likeness (QED) is 0.824. The maximum atomic E-state index is 11.4. The summed E-state index contributed by atoms with van der Waals surface area (Å²) in [5, 5.41) is 8.51. The van der Waals surface area contributed by atoms with Crippen LogP contribution in [-0.2, 0) is 11.3 Å². The largest absolute Gasteiger partial charge is 0.464 e. The van der Waals surface area contributed by atoms with E-state index in [4.69, 9.17) is 5.73 Å². The maximum Gasteiger partial charge on any atom is 0.360 e. The minimum atomic E-state index is -0.452. The summed E-state index contributed by atoms with van der Waals surface area (Å²) in [4.78, 5) is 19.0. The number of esters is 1. The van der Waals surface area contributed by atoms with Gasteiger partial charge in [-0.05, 0) is 12.8 Å². The second-order valence-electron chi connectivity index (χ2n) is 5.25. The number of nitrogen functional groups attached to an aromatic ring is 1. The molecule has 0 aliphatic carbocycles. The predicted octanol–water partition coefficient (Wildman–Crippen LogP) is 1.36. The average Bonchev–Trinajstić information content (AvgIpc) is 3.17. The van der Waals surface area contributed by atoms with Crippen LogP contribution in [0.3, 0.4) is 0 Å². The van der Waals surface area contributed by atoms with Crippen LogP contribution in [-0.4, -0.2) is 51.0 Å². The van der Waals surface area contributed by atoms with Gasteiger partial charge >= 0.3 is 5.97 Å². The molecule has 3 rings (SSSR count). The highest BCUT2D eigenvalue weighted by Gasteiger charge is 2.23. The second-order valence-corrected chi connectivity index (χ2v) is 6.39. The molecule has 1 aliphatic heterocycles. The first-order valence-corrected chi connectivity index (χ1v) is 7.90. The van der Waals surface area contributed by atoms with Gasteiger partial charge in [-0.2, -0.15) is 0 Å². The molecule has 0 radical (unpaired) electrons. The lowest BCUT2D eigenvalue weighted by Crippen LogP contribution is -2.34. The monoisotopic (exact) mass is 358 g/mol. The lowest BCUT2D eigenvalue weighted by molar-refractivity contribution is 0.0594. The van der Waals surface area contributed by atoms with Crippen LogP contribution in [0.1, 0.15) is 34.2 Å². The number of halogens is 1. The number of thiazole rings is 1. The minimum absolute atomic E-state index is 0. The molecule has 2 aromatic rings. The van der Waals surface area contributed by atoms with Crippen LogP contribution in [0, 0.1) is 0 Å². The van der Waals surface area contributed by atoms with Gasteiger partial charge in [0.1, 0.15) is 0 Å². The van der Waals surface area contributed by atoms with E-state index in [1.807, 2.05) is 6.20 Å². The van der Waals surface area contributed by atoms with E-state index in [0.717, 1.165) is 32.5 Å². The zero-order chi connectivity index (χ0) is 15.5. The normalized spacial score (nSPS) is 16.0. The number of ether oxygens (including phenoxy) is 1. The van der Waals surface area contributed by atoms with Crippen molar-refractivity contribution in [3.63, 3.8) is 0 Å². The molecule has 0 atom stereocenters. The highest BCUT2D eigenvalue weighted by molar-refractivity contribution is 7.15. The van der Waals surface area contributed by atoms with Crippen LogP contribution < -0.4 is 5.73 Å². The van der Waals surface area contributed by atoms with Gasteiger partial charge in [-0.25, -0.2) is 14.5 Å². The molecule has 23 heavy (non-hydrogen) atoms. The molecule has 0 bridgehead atoms. The molecule has 3 heterocycles. The van der Waals surface area contributed by atoms with Crippen LogP contribution in [0.25, 0.3) is 0 Å². The molecule has 1 saturated heterocycles. The zero-order valence-corrected chi connectivity index (χ0v) is 14.3. The summed E-state index contributed by atoms with van der Waals surface area (Å²) < 4.78 is 6.42. The lowest BCUT2D eigenvalue weighted by Gasteiger charge is -2.31. The van der Waals surface area contributed by atoms with Gasteiger partial charge in [0.05, 0.1) is 19.3 Å². The SMILES string of the molecule is COC(=O)c1cn(C2CCN(Cc3cnc(N)s3)CC2)nn1.Cl. The molecule has 0 amide bonds. The van der Waals surface area contributed by atoms with Crippen LogP contribution in [0.2, 0.25) is 0 Å². The molecule has 0 saturated carbocycles. The van der Waals surface area contributed by atoms with Crippen LogP contribution in [0.5, 0.6) is 0 Å². The van der Waals surface area contributed by atoms with Crippen molar-refractivity contribution in [3.05, 3.63) is 23.0 Å².